The van der Waals surface area contributed by atoms with Crippen molar-refractivity contribution in [2.45, 2.75) is 77.4 Å². The molecule has 0 heterocycles. The van der Waals surface area contributed by atoms with Crippen LogP contribution in [0.2, 0.25) is 0 Å². The van der Waals surface area contributed by atoms with Gasteiger partial charge in [0.05, 0.1) is 0 Å². The molecule has 18 heavy (non-hydrogen) atoms. The molecular formula is C17H40S. The Morgan fingerprint density at radius 1 is 0.722 bits per heavy atom. The van der Waals surface area contributed by atoms with E-state index in [0.717, 1.165) is 11.2 Å². The maximum atomic E-state index is 2.56. The van der Waals surface area contributed by atoms with Crippen LogP contribution in [0.1, 0.15) is 72.1 Å². The Morgan fingerprint density at radius 2 is 1.11 bits per heavy atom. The standard InChI is InChI=1S/C17H40S/c1-8-10-12-14-17(15-13-11-9-2)16(3)18(4,5,6)7/h16-18H,8-15H2,1-7H3. The second kappa shape index (κ2) is 7.82. The molecule has 0 saturated carbocycles. The van der Waals surface area contributed by atoms with Crippen molar-refractivity contribution in [3.63, 3.8) is 0 Å². The first kappa shape index (κ1) is 18.4. The van der Waals surface area contributed by atoms with E-state index in [1.807, 2.05) is 0 Å². The summed E-state index contributed by atoms with van der Waals surface area (Å²) < 4.78 is 0. The van der Waals surface area contributed by atoms with E-state index in [2.05, 4.69) is 45.8 Å². The van der Waals surface area contributed by atoms with E-state index in [0.29, 0.717) is 0 Å². The largest absolute Gasteiger partial charge is 0.290 e. The molecule has 0 spiro atoms. The van der Waals surface area contributed by atoms with E-state index in [1.165, 1.54) is 51.4 Å². The molecule has 0 rings (SSSR count). The first-order valence-corrected chi connectivity index (χ1v) is 12.3. The highest BCUT2D eigenvalue weighted by atomic mass is 32.3. The molecule has 0 aromatic carbocycles. The van der Waals surface area contributed by atoms with E-state index in [4.69, 9.17) is 0 Å². The number of unbranched alkanes of at least 4 members (excludes halogenated alkanes) is 4. The summed E-state index contributed by atoms with van der Waals surface area (Å²) in [4.78, 5) is 0. The van der Waals surface area contributed by atoms with Gasteiger partial charge in [0.25, 0.3) is 0 Å². The highest BCUT2D eigenvalue weighted by molar-refractivity contribution is 8.48. The van der Waals surface area contributed by atoms with Gasteiger partial charge >= 0.3 is 0 Å². The van der Waals surface area contributed by atoms with Crippen LogP contribution < -0.4 is 0 Å². The van der Waals surface area contributed by atoms with Crippen molar-refractivity contribution >= 4 is 9.16 Å². The van der Waals surface area contributed by atoms with Crippen molar-refractivity contribution in [1.82, 2.24) is 0 Å². The molecule has 1 atom stereocenters. The lowest BCUT2D eigenvalue weighted by atomic mass is 9.92. The second-order valence-corrected chi connectivity index (χ2v) is 16.5. The molecule has 0 saturated heterocycles. The average molecular weight is 277 g/mol. The molecule has 0 bridgehead atoms. The van der Waals surface area contributed by atoms with Gasteiger partial charge in [-0.3, -0.25) is 9.16 Å². The minimum Gasteiger partial charge on any atom is -0.290 e. The summed E-state index contributed by atoms with van der Waals surface area (Å²) in [5, 5.41) is 0.935. The zero-order chi connectivity index (χ0) is 14.3. The normalized spacial score (nSPS) is 16.6. The molecule has 0 aromatic rings. The lowest BCUT2D eigenvalue weighted by Crippen LogP contribution is -2.32. The Hall–Kier alpha value is 0.350. The van der Waals surface area contributed by atoms with Gasteiger partial charge < -0.3 is 0 Å². The van der Waals surface area contributed by atoms with E-state index >= 15 is 0 Å². The third-order valence-electron chi connectivity index (χ3n) is 4.67. The number of rotatable bonds is 10. The summed E-state index contributed by atoms with van der Waals surface area (Å²) in [6.07, 6.45) is 21.6. The number of hydrogen-bond acceptors (Lipinski definition) is 0. The highest BCUT2D eigenvalue weighted by Gasteiger charge is 2.32. The van der Waals surface area contributed by atoms with Crippen LogP contribution in [0.15, 0.2) is 0 Å². The van der Waals surface area contributed by atoms with Crippen LogP contribution in [0.25, 0.3) is 0 Å². The SMILES string of the molecule is CCCCCC(CCCCC)C(C)[SH](C)(C)(C)C. The van der Waals surface area contributed by atoms with E-state index in [9.17, 15) is 0 Å². The topological polar surface area (TPSA) is 0 Å². The van der Waals surface area contributed by atoms with Crippen molar-refractivity contribution in [1.29, 1.82) is 0 Å². The fourth-order valence-electron chi connectivity index (χ4n) is 2.78. The summed E-state index contributed by atoms with van der Waals surface area (Å²) >= 11 is 0. The van der Waals surface area contributed by atoms with Crippen LogP contribution in [-0.2, 0) is 0 Å². The summed E-state index contributed by atoms with van der Waals surface area (Å²) in [7, 11) is -1.41. The van der Waals surface area contributed by atoms with Crippen LogP contribution in [0.4, 0.5) is 0 Å². The van der Waals surface area contributed by atoms with Crippen LogP contribution in [0.5, 0.6) is 0 Å². The van der Waals surface area contributed by atoms with Gasteiger partial charge in [0.1, 0.15) is 0 Å². The van der Waals surface area contributed by atoms with E-state index in [-0.39, 0.29) is 0 Å². The van der Waals surface area contributed by atoms with Crippen LogP contribution in [0, 0.1) is 5.92 Å². The molecule has 1 heteroatoms. The summed E-state index contributed by atoms with van der Waals surface area (Å²) in [5.74, 6) is 0.978. The average Bonchev–Trinajstić information content (AvgIpc) is 2.24. The van der Waals surface area contributed by atoms with Crippen LogP contribution in [0.3, 0.4) is 0 Å². The first-order chi connectivity index (χ1) is 8.19. The summed E-state index contributed by atoms with van der Waals surface area (Å²) in [6, 6.07) is 0. The third-order valence-corrected chi connectivity index (χ3v) is 8.35. The number of hydrogen-bond donors (Lipinski definition) is 1. The Morgan fingerprint density at radius 3 is 1.39 bits per heavy atom. The van der Waals surface area contributed by atoms with Gasteiger partial charge in [0.2, 0.25) is 0 Å². The fraction of sp³-hybridized carbons (Fsp3) is 1.00. The van der Waals surface area contributed by atoms with Crippen molar-refractivity contribution in [2.75, 3.05) is 25.0 Å². The molecule has 0 aromatic heterocycles. The quantitative estimate of drug-likeness (QED) is 0.381. The molecule has 0 N–H and O–H groups in total. The molecule has 0 fully saturated rings. The van der Waals surface area contributed by atoms with Crippen molar-refractivity contribution in [2.24, 2.45) is 5.92 Å². The van der Waals surface area contributed by atoms with Crippen molar-refractivity contribution < 1.29 is 0 Å². The lowest BCUT2D eigenvalue weighted by molar-refractivity contribution is 0.405. The van der Waals surface area contributed by atoms with Gasteiger partial charge in [0.15, 0.2) is 0 Å². The first-order valence-electron chi connectivity index (χ1n) is 8.19. The maximum Gasteiger partial charge on any atom is -0.0247 e. The Bertz CT molecular complexity index is 192. The monoisotopic (exact) mass is 276 g/mol. The minimum absolute atomic E-state index is 0.935. The maximum absolute atomic E-state index is 2.56. The molecule has 0 aliphatic heterocycles. The van der Waals surface area contributed by atoms with Crippen LogP contribution in [-0.4, -0.2) is 30.3 Å². The number of thiol groups is 1. The van der Waals surface area contributed by atoms with Gasteiger partial charge in [-0.15, -0.1) is 0 Å². The third kappa shape index (κ3) is 7.71. The highest BCUT2D eigenvalue weighted by Crippen LogP contribution is 2.63. The van der Waals surface area contributed by atoms with Crippen molar-refractivity contribution in [3.05, 3.63) is 0 Å². The van der Waals surface area contributed by atoms with E-state index in [1.54, 1.807) is 0 Å². The molecule has 114 valence electrons. The second-order valence-electron chi connectivity index (χ2n) is 8.21. The fourth-order valence-corrected chi connectivity index (χ4v) is 4.77. The molecule has 0 aliphatic carbocycles. The molecule has 0 aliphatic rings. The minimum atomic E-state index is -1.41. The summed E-state index contributed by atoms with van der Waals surface area (Å²) in [6.45, 7) is 7.17. The van der Waals surface area contributed by atoms with Gasteiger partial charge in [-0.25, -0.2) is 0 Å². The lowest BCUT2D eigenvalue weighted by Gasteiger charge is -2.56. The molecular weight excluding hydrogens is 236 g/mol. The van der Waals surface area contributed by atoms with E-state index < -0.39 is 9.16 Å². The van der Waals surface area contributed by atoms with Crippen LogP contribution >= 0.6 is 9.16 Å². The predicted octanol–water partition coefficient (Wildman–Crippen LogP) is 5.74. The van der Waals surface area contributed by atoms with Gasteiger partial charge in [-0.2, -0.15) is 0 Å². The summed E-state index contributed by atoms with van der Waals surface area (Å²) in [5.41, 5.74) is 0. The Balaban J connectivity index is 4.44. The van der Waals surface area contributed by atoms with Crippen molar-refractivity contribution in [3.8, 4) is 0 Å². The zero-order valence-corrected chi connectivity index (χ0v) is 15.2. The molecule has 0 nitrogen and oxygen atoms in total. The van der Waals surface area contributed by atoms with Gasteiger partial charge in [-0.05, 0) is 49.0 Å². The Kier molecular flexibility index (Phi) is 7.97. The van der Waals surface area contributed by atoms with Gasteiger partial charge in [-0.1, -0.05) is 59.3 Å². The predicted molar refractivity (Wildman–Crippen MR) is 93.9 cm³/mol. The molecule has 0 radical (unpaired) electrons. The Labute approximate surface area is 118 Å². The zero-order valence-electron chi connectivity index (χ0n) is 14.3. The van der Waals surface area contributed by atoms with Gasteiger partial charge in [0, 0.05) is 0 Å². The molecule has 0 amide bonds. The molecule has 1 unspecified atom stereocenters. The smallest absolute Gasteiger partial charge is 0.0247 e.